The molecule has 0 fully saturated rings. The molecule has 1 heterocycles. The average Bonchev–Trinajstić information content (AvgIpc) is 2.22. The van der Waals surface area contributed by atoms with Crippen molar-refractivity contribution in [2.75, 3.05) is 26.1 Å². The molecule has 0 aliphatic rings. The number of nitrogens with one attached hydrogen (secondary N) is 1. The summed E-state index contributed by atoms with van der Waals surface area (Å²) in [5.74, 6) is 0.522. The van der Waals surface area contributed by atoms with Crippen LogP contribution in [-0.4, -0.2) is 37.0 Å². The third-order valence-corrected chi connectivity index (χ3v) is 1.89. The van der Waals surface area contributed by atoms with Gasteiger partial charge in [0.1, 0.15) is 0 Å². The Morgan fingerprint density at radius 3 is 2.57 bits per heavy atom. The van der Waals surface area contributed by atoms with Crippen LogP contribution in [-0.2, 0) is 9.47 Å². The van der Waals surface area contributed by atoms with E-state index in [4.69, 9.17) is 21.1 Å². The van der Waals surface area contributed by atoms with Gasteiger partial charge in [-0.3, -0.25) is 0 Å². The molecule has 0 bridgehead atoms. The lowest BCUT2D eigenvalue weighted by Gasteiger charge is -2.14. The fourth-order valence-corrected chi connectivity index (χ4v) is 1.05. The van der Waals surface area contributed by atoms with Crippen LogP contribution in [0.5, 0.6) is 0 Å². The summed E-state index contributed by atoms with van der Waals surface area (Å²) < 4.78 is 9.97. The first kappa shape index (κ1) is 11.2. The maximum atomic E-state index is 5.78. The maximum Gasteiger partial charge on any atom is 0.173 e. The Balaban J connectivity index is 2.49. The van der Waals surface area contributed by atoms with Crippen molar-refractivity contribution < 1.29 is 9.47 Å². The molecule has 0 saturated heterocycles. The van der Waals surface area contributed by atoms with Crippen molar-refractivity contribution in [3.63, 3.8) is 0 Å². The van der Waals surface area contributed by atoms with E-state index < -0.39 is 0 Å². The van der Waals surface area contributed by atoms with Gasteiger partial charge in [-0.1, -0.05) is 11.6 Å². The van der Waals surface area contributed by atoms with Gasteiger partial charge in [0.25, 0.3) is 0 Å². The van der Waals surface area contributed by atoms with Crippen LogP contribution in [0.25, 0.3) is 0 Å². The topological polar surface area (TPSA) is 56.3 Å². The predicted octanol–water partition coefficient (Wildman–Crippen LogP) is 1.16. The molecule has 14 heavy (non-hydrogen) atoms. The predicted molar refractivity (Wildman–Crippen MR) is 53.3 cm³/mol. The van der Waals surface area contributed by atoms with Crippen molar-refractivity contribution in [2.45, 2.75) is 6.29 Å². The average molecular weight is 218 g/mol. The van der Waals surface area contributed by atoms with Crippen LogP contribution in [0.15, 0.2) is 12.4 Å². The van der Waals surface area contributed by atoms with Crippen LogP contribution in [0.3, 0.4) is 0 Å². The van der Waals surface area contributed by atoms with E-state index in [1.54, 1.807) is 20.4 Å². The van der Waals surface area contributed by atoms with Crippen molar-refractivity contribution in [3.05, 3.63) is 17.5 Å². The number of hydrogen-bond donors (Lipinski definition) is 1. The first-order valence-electron chi connectivity index (χ1n) is 4.04. The lowest BCUT2D eigenvalue weighted by Crippen LogP contribution is -2.24. The molecule has 5 nitrogen and oxygen atoms in total. The van der Waals surface area contributed by atoms with Gasteiger partial charge in [-0.2, -0.15) is 0 Å². The van der Waals surface area contributed by atoms with Crippen LogP contribution >= 0.6 is 11.6 Å². The van der Waals surface area contributed by atoms with E-state index in [0.29, 0.717) is 17.5 Å². The zero-order chi connectivity index (χ0) is 10.4. The second-order valence-corrected chi connectivity index (χ2v) is 2.84. The van der Waals surface area contributed by atoms with Gasteiger partial charge in [-0.15, -0.1) is 0 Å². The smallest absolute Gasteiger partial charge is 0.173 e. The molecule has 0 aliphatic heterocycles. The number of halogens is 1. The molecule has 78 valence electrons. The fraction of sp³-hybridized carbons (Fsp3) is 0.500. The van der Waals surface area contributed by atoms with Gasteiger partial charge < -0.3 is 14.8 Å². The van der Waals surface area contributed by atoms with E-state index in [9.17, 15) is 0 Å². The van der Waals surface area contributed by atoms with Gasteiger partial charge >= 0.3 is 0 Å². The third-order valence-electron chi connectivity index (χ3n) is 1.62. The Bertz CT molecular complexity index is 281. The highest BCUT2D eigenvalue weighted by molar-refractivity contribution is 6.31. The lowest BCUT2D eigenvalue weighted by atomic mass is 10.5. The summed E-state index contributed by atoms with van der Waals surface area (Å²) in [5, 5.41) is 3.29. The molecular formula is C8H12ClN3O2. The summed E-state index contributed by atoms with van der Waals surface area (Å²) in [5.41, 5.74) is 0. The highest BCUT2D eigenvalue weighted by atomic mass is 35.5. The summed E-state index contributed by atoms with van der Waals surface area (Å²) in [6.45, 7) is 0.464. The second kappa shape index (κ2) is 5.74. The number of nitrogens with zero attached hydrogens (tertiary/aromatic N) is 2. The summed E-state index contributed by atoms with van der Waals surface area (Å²) in [6, 6.07) is 0. The number of hydrogen-bond acceptors (Lipinski definition) is 5. The minimum absolute atomic E-state index is 0.326. The van der Waals surface area contributed by atoms with E-state index in [2.05, 4.69) is 15.3 Å². The van der Waals surface area contributed by atoms with Crippen LogP contribution < -0.4 is 5.32 Å². The van der Waals surface area contributed by atoms with Gasteiger partial charge in [-0.25, -0.2) is 9.97 Å². The molecule has 0 aromatic carbocycles. The molecule has 0 aliphatic carbocycles. The van der Waals surface area contributed by atoms with Crippen LogP contribution in [0.1, 0.15) is 0 Å². The molecule has 0 saturated carbocycles. The first-order chi connectivity index (χ1) is 6.77. The number of ether oxygens (including phenoxy) is 2. The third kappa shape index (κ3) is 3.10. The Morgan fingerprint density at radius 2 is 2.00 bits per heavy atom. The molecule has 6 heteroatoms. The van der Waals surface area contributed by atoms with E-state index in [1.807, 2.05) is 0 Å². The van der Waals surface area contributed by atoms with Crippen molar-refractivity contribution in [1.82, 2.24) is 9.97 Å². The van der Waals surface area contributed by atoms with Crippen LogP contribution in [0.4, 0.5) is 5.82 Å². The standard InChI is InChI=1S/C8H12ClN3O2/c1-13-6(14-2)5-12-8-7(9)10-3-4-11-8/h3-4,6H,5H2,1-2H3,(H,11,12). The van der Waals surface area contributed by atoms with E-state index in [0.717, 1.165) is 0 Å². The minimum Gasteiger partial charge on any atom is -0.362 e. The Morgan fingerprint density at radius 1 is 1.36 bits per heavy atom. The normalized spacial score (nSPS) is 10.6. The summed E-state index contributed by atoms with van der Waals surface area (Å²) in [4.78, 5) is 7.87. The first-order valence-corrected chi connectivity index (χ1v) is 4.41. The van der Waals surface area contributed by atoms with E-state index >= 15 is 0 Å². The van der Waals surface area contributed by atoms with Gasteiger partial charge in [-0.05, 0) is 0 Å². The van der Waals surface area contributed by atoms with Gasteiger partial charge in [0.2, 0.25) is 0 Å². The number of aromatic nitrogens is 2. The van der Waals surface area contributed by atoms with Crippen LogP contribution in [0.2, 0.25) is 5.15 Å². The number of methoxy groups -OCH3 is 2. The monoisotopic (exact) mass is 217 g/mol. The highest BCUT2D eigenvalue weighted by Gasteiger charge is 2.06. The fourth-order valence-electron chi connectivity index (χ4n) is 0.883. The molecule has 0 atom stereocenters. The molecule has 0 amide bonds. The van der Waals surface area contributed by atoms with Crippen LogP contribution in [0, 0.1) is 0 Å². The Kier molecular flexibility index (Phi) is 4.58. The molecule has 0 unspecified atom stereocenters. The zero-order valence-corrected chi connectivity index (χ0v) is 8.78. The van der Waals surface area contributed by atoms with Crippen molar-refractivity contribution in [2.24, 2.45) is 0 Å². The molecule has 1 aromatic heterocycles. The van der Waals surface area contributed by atoms with Gasteiger partial charge in [0.15, 0.2) is 17.3 Å². The molecule has 1 aromatic rings. The summed E-state index contributed by atoms with van der Waals surface area (Å²) in [6.07, 6.45) is 2.76. The number of anilines is 1. The largest absolute Gasteiger partial charge is 0.362 e. The van der Waals surface area contributed by atoms with Crippen molar-refractivity contribution in [3.8, 4) is 0 Å². The highest BCUT2D eigenvalue weighted by Crippen LogP contribution is 2.13. The van der Waals surface area contributed by atoms with Gasteiger partial charge in [0.05, 0.1) is 6.54 Å². The lowest BCUT2D eigenvalue weighted by molar-refractivity contribution is -0.0914. The second-order valence-electron chi connectivity index (χ2n) is 2.48. The molecule has 0 spiro atoms. The quantitative estimate of drug-likeness (QED) is 0.751. The molecule has 1 N–H and O–H groups in total. The van der Waals surface area contributed by atoms with Crippen molar-refractivity contribution in [1.29, 1.82) is 0 Å². The number of rotatable bonds is 5. The summed E-state index contributed by atoms with van der Waals surface area (Å²) in [7, 11) is 3.13. The Hall–Kier alpha value is -0.910. The van der Waals surface area contributed by atoms with E-state index in [-0.39, 0.29) is 6.29 Å². The van der Waals surface area contributed by atoms with E-state index in [1.165, 1.54) is 6.20 Å². The SMILES string of the molecule is COC(CNc1nccnc1Cl)OC. The molecule has 0 radical (unpaired) electrons. The van der Waals surface area contributed by atoms with Crippen molar-refractivity contribution >= 4 is 17.4 Å². The summed E-state index contributed by atoms with van der Waals surface area (Å²) >= 11 is 5.78. The van der Waals surface area contributed by atoms with Gasteiger partial charge in [0, 0.05) is 26.6 Å². The maximum absolute atomic E-state index is 5.78. The zero-order valence-electron chi connectivity index (χ0n) is 8.03. The minimum atomic E-state index is -0.326. The molecular weight excluding hydrogens is 206 g/mol. The Labute approximate surface area is 87.4 Å². The molecule has 1 rings (SSSR count).